The first-order chi connectivity index (χ1) is 22.7. The highest BCUT2D eigenvalue weighted by molar-refractivity contribution is 6.17. The zero-order valence-electron chi connectivity index (χ0n) is 27.8. The van der Waals surface area contributed by atoms with Crippen LogP contribution in [0.4, 0.5) is 21.5 Å². The second kappa shape index (κ2) is 22.7. The van der Waals surface area contributed by atoms with E-state index in [4.69, 9.17) is 29.0 Å². The number of terminal acetylenes is 1. The quantitative estimate of drug-likeness (QED) is 0.0506. The van der Waals surface area contributed by atoms with Gasteiger partial charge in [-0.2, -0.15) is 0 Å². The molecule has 5 rings (SSSR count). The SMILES string of the molecule is C#Cc1ccccc1NCC=O.CC.CCCl.CCc1cc(F)ccc1NCC(N)=O.CN1CCc2c1cc(OO)c1ccccc21. The normalized spacial score (nSPS) is 10.5. The third-order valence-electron chi connectivity index (χ3n) is 6.66. The topological polar surface area (TPSA) is 117 Å². The zero-order valence-corrected chi connectivity index (χ0v) is 28.5. The molecule has 0 spiro atoms. The van der Waals surface area contributed by atoms with Crippen molar-refractivity contribution in [3.05, 3.63) is 95.3 Å². The van der Waals surface area contributed by atoms with Gasteiger partial charge in [0.2, 0.25) is 5.91 Å². The number of para-hydroxylation sites is 1. The van der Waals surface area contributed by atoms with E-state index in [1.165, 1.54) is 23.1 Å². The van der Waals surface area contributed by atoms with Crippen molar-refractivity contribution in [3.63, 3.8) is 0 Å². The number of hydrogen-bond donors (Lipinski definition) is 4. The van der Waals surface area contributed by atoms with Crippen molar-refractivity contribution in [1.29, 1.82) is 0 Å². The molecule has 0 unspecified atom stereocenters. The highest BCUT2D eigenvalue weighted by atomic mass is 35.5. The molecule has 47 heavy (non-hydrogen) atoms. The number of aldehydes is 1. The van der Waals surface area contributed by atoms with E-state index in [1.54, 1.807) is 6.07 Å². The maximum Gasteiger partial charge on any atom is 0.236 e. The number of nitrogens with zero attached hydrogens (tertiary/aromatic N) is 1. The third kappa shape index (κ3) is 12.9. The van der Waals surface area contributed by atoms with E-state index in [9.17, 15) is 14.0 Å². The van der Waals surface area contributed by atoms with Gasteiger partial charge in [-0.05, 0) is 59.7 Å². The molecule has 1 aliphatic heterocycles. The maximum absolute atomic E-state index is 12.8. The minimum Gasteiger partial charge on any atom is -0.377 e. The summed E-state index contributed by atoms with van der Waals surface area (Å²) < 4.78 is 12.8. The number of halogens is 2. The molecule has 0 radical (unpaired) electrons. The van der Waals surface area contributed by atoms with E-state index < -0.39 is 5.91 Å². The predicted molar refractivity (Wildman–Crippen MR) is 194 cm³/mol. The number of rotatable bonds is 8. The van der Waals surface area contributed by atoms with Crippen LogP contribution in [0.5, 0.6) is 5.75 Å². The van der Waals surface area contributed by atoms with Crippen LogP contribution in [-0.2, 0) is 22.4 Å². The number of fused-ring (bicyclic) bond motifs is 3. The summed E-state index contributed by atoms with van der Waals surface area (Å²) in [5, 5.41) is 16.8. The second-order valence-corrected chi connectivity index (χ2v) is 10.2. The van der Waals surface area contributed by atoms with Crippen LogP contribution in [-0.4, -0.2) is 50.0 Å². The van der Waals surface area contributed by atoms with Gasteiger partial charge in [-0.15, -0.1) is 18.0 Å². The fraction of sp³-hybridized carbons (Fsp3) is 0.297. The van der Waals surface area contributed by atoms with Crippen LogP contribution < -0.4 is 26.2 Å². The molecular weight excluding hydrogens is 619 g/mol. The lowest BCUT2D eigenvalue weighted by molar-refractivity contribution is -0.136. The lowest BCUT2D eigenvalue weighted by Crippen LogP contribution is -2.22. The van der Waals surface area contributed by atoms with Gasteiger partial charge < -0.3 is 30.9 Å². The van der Waals surface area contributed by atoms with Crippen LogP contribution >= 0.6 is 11.6 Å². The molecule has 0 bridgehead atoms. The number of nitrogens with two attached hydrogens (primary N) is 1. The molecule has 0 saturated heterocycles. The highest BCUT2D eigenvalue weighted by Gasteiger charge is 2.20. The van der Waals surface area contributed by atoms with Gasteiger partial charge in [0.25, 0.3) is 0 Å². The number of alkyl halides is 1. The summed E-state index contributed by atoms with van der Waals surface area (Å²) in [5.74, 6) is 3.07. The van der Waals surface area contributed by atoms with Gasteiger partial charge in [0, 0.05) is 47.9 Å². The van der Waals surface area contributed by atoms with Crippen LogP contribution in [0.3, 0.4) is 0 Å². The highest BCUT2D eigenvalue weighted by Crippen LogP contribution is 2.39. The van der Waals surface area contributed by atoms with E-state index in [1.807, 2.05) is 76.2 Å². The molecule has 10 heteroatoms. The number of hydrogen-bond acceptors (Lipinski definition) is 7. The molecule has 1 aliphatic rings. The van der Waals surface area contributed by atoms with E-state index in [0.29, 0.717) is 18.7 Å². The first-order valence-corrected chi connectivity index (χ1v) is 15.9. The fourth-order valence-corrected chi connectivity index (χ4v) is 4.59. The van der Waals surface area contributed by atoms with Crippen molar-refractivity contribution in [2.45, 2.75) is 40.5 Å². The van der Waals surface area contributed by atoms with Crippen LogP contribution in [0.25, 0.3) is 10.8 Å². The molecule has 1 amide bonds. The Balaban J connectivity index is 0.000000333. The van der Waals surface area contributed by atoms with Crippen LogP contribution in [0.1, 0.15) is 44.4 Å². The van der Waals surface area contributed by atoms with E-state index in [-0.39, 0.29) is 12.4 Å². The molecule has 1 heterocycles. The summed E-state index contributed by atoms with van der Waals surface area (Å²) in [6, 6.07) is 21.7. The number of carbonyl (C=O) groups excluding carboxylic acids is 2. The molecular formula is C37H46ClFN4O4. The Morgan fingerprint density at radius 1 is 1.06 bits per heavy atom. The van der Waals surface area contributed by atoms with Crippen molar-refractivity contribution in [1.82, 2.24) is 0 Å². The number of primary amides is 1. The molecule has 0 fully saturated rings. The monoisotopic (exact) mass is 664 g/mol. The summed E-state index contributed by atoms with van der Waals surface area (Å²) >= 11 is 5.00. The number of nitrogens with one attached hydrogen (secondary N) is 2. The minimum atomic E-state index is -0.434. The smallest absolute Gasteiger partial charge is 0.236 e. The Bertz CT molecular complexity index is 1590. The molecule has 0 atom stereocenters. The summed E-state index contributed by atoms with van der Waals surface area (Å²) in [6.07, 6.45) is 7.80. The standard InChI is InChI=1S/C13H13NO2.C10H13FN2O.C10H9NO.C2H5Cl.C2H6/c1-14-7-6-10-9-4-2-3-5-11(9)13(16-15)8-12(10)14;1-2-7-5-8(11)3-4-9(7)13-6-10(12)14;1-2-9-5-3-4-6-10(9)11-7-8-12;1-2-3;1-2/h2-5,8,15H,6-7H2,1H3;3-5,13H,2,6H2,1H3,(H2,12,14);1,3-6,8,11H,7H2;2H2,1H3;1-2H3. The molecule has 0 saturated carbocycles. The van der Waals surface area contributed by atoms with Crippen molar-refractivity contribution in [2.75, 3.05) is 48.1 Å². The number of carbonyl (C=O) groups is 2. The van der Waals surface area contributed by atoms with E-state index >= 15 is 0 Å². The Morgan fingerprint density at radius 2 is 1.70 bits per heavy atom. The molecule has 4 aromatic rings. The number of aryl methyl sites for hydroxylation is 1. The Morgan fingerprint density at radius 3 is 2.30 bits per heavy atom. The van der Waals surface area contributed by atoms with Gasteiger partial charge in [-0.25, -0.2) is 9.65 Å². The van der Waals surface area contributed by atoms with Crippen molar-refractivity contribution in [3.8, 4) is 18.1 Å². The maximum atomic E-state index is 12.8. The Labute approximate surface area is 283 Å². The van der Waals surface area contributed by atoms with Crippen molar-refractivity contribution >= 4 is 51.6 Å². The predicted octanol–water partition coefficient (Wildman–Crippen LogP) is 7.52. The number of benzene rings is 4. The average Bonchev–Trinajstić information content (AvgIpc) is 3.48. The summed E-state index contributed by atoms with van der Waals surface area (Å²) in [5.41, 5.74) is 10.7. The molecule has 5 N–H and O–H groups in total. The zero-order chi connectivity index (χ0) is 35.2. The first kappa shape index (κ1) is 40.2. The Hall–Kier alpha value is -4.78. The van der Waals surface area contributed by atoms with Crippen LogP contribution in [0, 0.1) is 18.2 Å². The number of likely N-dealkylation sites (N-methyl/N-ethyl adjacent to an activating group) is 1. The summed E-state index contributed by atoms with van der Waals surface area (Å²) in [4.78, 5) is 27.2. The first-order valence-electron chi connectivity index (χ1n) is 15.4. The van der Waals surface area contributed by atoms with Crippen molar-refractivity contribution < 1.29 is 24.1 Å². The summed E-state index contributed by atoms with van der Waals surface area (Å²) in [6.45, 7) is 9.19. The third-order valence-corrected chi connectivity index (χ3v) is 6.66. The van der Waals surface area contributed by atoms with Crippen molar-refractivity contribution in [2.24, 2.45) is 5.73 Å². The van der Waals surface area contributed by atoms with Gasteiger partial charge in [-0.1, -0.05) is 70.0 Å². The van der Waals surface area contributed by atoms with Gasteiger partial charge in [0.05, 0.1) is 18.8 Å². The van der Waals surface area contributed by atoms with E-state index in [2.05, 4.69) is 39.5 Å². The molecule has 0 aromatic heterocycles. The molecule has 0 aliphatic carbocycles. The van der Waals surface area contributed by atoms with Crippen LogP contribution in [0.2, 0.25) is 0 Å². The van der Waals surface area contributed by atoms with Gasteiger partial charge in [0.15, 0.2) is 5.75 Å². The molecule has 252 valence electrons. The molecule has 8 nitrogen and oxygen atoms in total. The lowest BCUT2D eigenvalue weighted by atomic mass is 10.0. The fourth-order valence-electron chi connectivity index (χ4n) is 4.59. The minimum absolute atomic E-state index is 0.0681. The second-order valence-electron chi connectivity index (χ2n) is 9.66. The van der Waals surface area contributed by atoms with E-state index in [0.717, 1.165) is 58.7 Å². The number of anilines is 3. The molecule has 4 aromatic carbocycles. The van der Waals surface area contributed by atoms with Crippen LogP contribution in [0.15, 0.2) is 72.8 Å². The van der Waals surface area contributed by atoms with Gasteiger partial charge >= 0.3 is 0 Å². The lowest BCUT2D eigenvalue weighted by Gasteiger charge is -2.14. The van der Waals surface area contributed by atoms with Gasteiger partial charge in [0.1, 0.15) is 12.1 Å². The average molecular weight is 665 g/mol. The number of amides is 1. The Kier molecular flexibility index (Phi) is 19.4. The van der Waals surface area contributed by atoms with Gasteiger partial charge in [-0.3, -0.25) is 4.79 Å². The summed E-state index contributed by atoms with van der Waals surface area (Å²) in [7, 11) is 2.06. The largest absolute Gasteiger partial charge is 0.377 e.